The van der Waals surface area contributed by atoms with Gasteiger partial charge in [-0.2, -0.15) is 15.0 Å². The third-order valence-corrected chi connectivity index (χ3v) is 4.32. The van der Waals surface area contributed by atoms with Crippen molar-refractivity contribution in [3.8, 4) is 17.3 Å². The van der Waals surface area contributed by atoms with Gasteiger partial charge in [-0.15, -0.1) is 5.10 Å². The molecule has 2 aromatic carbocycles. The molecule has 0 radical (unpaired) electrons. The molecule has 0 saturated carbocycles. The molecule has 0 spiro atoms. The third kappa shape index (κ3) is 3.32. The van der Waals surface area contributed by atoms with Crippen LogP contribution in [0.5, 0.6) is 0 Å². The highest BCUT2D eigenvalue weighted by Gasteiger charge is 2.23. The fourth-order valence-corrected chi connectivity index (χ4v) is 2.97. The molecule has 0 saturated heterocycles. The molecule has 10 heteroatoms. The maximum absolute atomic E-state index is 13.2. The molecule has 2 heterocycles. The molecular formula is C19H13N7O3. The van der Waals surface area contributed by atoms with Gasteiger partial charge < -0.3 is 0 Å². The second kappa shape index (κ2) is 7.32. The summed E-state index contributed by atoms with van der Waals surface area (Å²) in [6.07, 6.45) is 1.72. The van der Waals surface area contributed by atoms with Crippen molar-refractivity contribution < 1.29 is 9.72 Å². The molecule has 2 aromatic heterocycles. The third-order valence-electron chi connectivity index (χ3n) is 4.32. The summed E-state index contributed by atoms with van der Waals surface area (Å²) in [5, 5.41) is 32.3. The number of aryl methyl sites for hydroxylation is 1. The normalized spacial score (nSPS) is 10.7. The summed E-state index contributed by atoms with van der Waals surface area (Å²) < 4.78 is 2.64. The summed E-state index contributed by atoms with van der Waals surface area (Å²) in [5.74, 6) is -0.469. The lowest BCUT2D eigenvalue weighted by Crippen LogP contribution is -2.14. The first-order chi connectivity index (χ1) is 14.1. The summed E-state index contributed by atoms with van der Waals surface area (Å²) in [5.41, 5.74) is 1.89. The van der Waals surface area contributed by atoms with E-state index in [2.05, 4.69) is 15.4 Å². The highest BCUT2D eigenvalue weighted by Crippen LogP contribution is 2.27. The molecule has 0 unspecified atom stereocenters. The number of nitrogens with zero attached hydrogens (tertiary/aromatic N) is 7. The highest BCUT2D eigenvalue weighted by atomic mass is 16.6. The number of para-hydroxylation sites is 1. The molecular weight excluding hydrogens is 374 g/mol. The van der Waals surface area contributed by atoms with Gasteiger partial charge in [0.25, 0.3) is 11.6 Å². The van der Waals surface area contributed by atoms with Crippen LogP contribution >= 0.6 is 0 Å². The van der Waals surface area contributed by atoms with E-state index in [-0.39, 0.29) is 29.9 Å². The Balaban J connectivity index is 1.85. The molecule has 0 amide bonds. The van der Waals surface area contributed by atoms with E-state index in [1.54, 1.807) is 30.3 Å². The first-order valence-corrected chi connectivity index (χ1v) is 8.63. The number of rotatable bonds is 5. The largest absolute Gasteiger partial charge is 0.284 e. The van der Waals surface area contributed by atoms with Crippen molar-refractivity contribution in [3.63, 3.8) is 0 Å². The van der Waals surface area contributed by atoms with Crippen molar-refractivity contribution in [3.05, 3.63) is 70.4 Å². The molecule has 29 heavy (non-hydrogen) atoms. The molecule has 0 fully saturated rings. The Hall–Kier alpha value is -4.39. The van der Waals surface area contributed by atoms with Crippen molar-refractivity contribution in [2.24, 2.45) is 0 Å². The van der Waals surface area contributed by atoms with Crippen molar-refractivity contribution in [1.82, 2.24) is 24.8 Å². The van der Waals surface area contributed by atoms with E-state index >= 15 is 0 Å². The van der Waals surface area contributed by atoms with Crippen LogP contribution in [0.15, 0.2) is 54.7 Å². The van der Waals surface area contributed by atoms with Gasteiger partial charge in [0.05, 0.1) is 35.0 Å². The molecule has 0 bridgehead atoms. The SMILES string of the molecule is N#CCCn1cc(C(=O)n2nnc3ccccc32)c(-c2cccc([N+](=O)[O-])c2)n1. The first-order valence-electron chi connectivity index (χ1n) is 8.63. The maximum Gasteiger partial charge on any atom is 0.284 e. The quantitative estimate of drug-likeness (QED) is 0.380. The van der Waals surface area contributed by atoms with E-state index in [0.717, 1.165) is 0 Å². The number of fused-ring (bicyclic) bond motifs is 1. The van der Waals surface area contributed by atoms with E-state index < -0.39 is 10.8 Å². The molecule has 0 aliphatic carbocycles. The molecule has 4 aromatic rings. The van der Waals surface area contributed by atoms with E-state index in [4.69, 9.17) is 5.26 Å². The number of nitriles is 1. The monoisotopic (exact) mass is 387 g/mol. The second-order valence-electron chi connectivity index (χ2n) is 6.17. The van der Waals surface area contributed by atoms with E-state index in [1.807, 2.05) is 6.07 Å². The van der Waals surface area contributed by atoms with E-state index in [1.165, 1.54) is 33.8 Å². The minimum absolute atomic E-state index is 0.112. The zero-order chi connectivity index (χ0) is 20.4. The highest BCUT2D eigenvalue weighted by molar-refractivity contribution is 6.04. The molecule has 10 nitrogen and oxygen atoms in total. The number of nitro groups is 1. The van der Waals surface area contributed by atoms with Crippen LogP contribution in [0.4, 0.5) is 5.69 Å². The number of non-ortho nitro benzene ring substituents is 1. The van der Waals surface area contributed by atoms with Crippen molar-refractivity contribution in [1.29, 1.82) is 5.26 Å². The van der Waals surface area contributed by atoms with Crippen LogP contribution in [-0.2, 0) is 6.54 Å². The van der Waals surface area contributed by atoms with Crippen molar-refractivity contribution in [2.75, 3.05) is 0 Å². The number of carbonyl (C=O) groups is 1. The van der Waals surface area contributed by atoms with Crippen molar-refractivity contribution in [2.45, 2.75) is 13.0 Å². The van der Waals surface area contributed by atoms with Crippen LogP contribution in [0.2, 0.25) is 0 Å². The minimum atomic E-state index is -0.511. The fraction of sp³-hybridized carbons (Fsp3) is 0.105. The van der Waals surface area contributed by atoms with Crippen LogP contribution < -0.4 is 0 Å². The molecule has 142 valence electrons. The van der Waals surface area contributed by atoms with E-state index in [0.29, 0.717) is 16.6 Å². The first kappa shape index (κ1) is 18.0. The minimum Gasteiger partial charge on any atom is -0.270 e. The number of hydrogen-bond acceptors (Lipinski definition) is 7. The van der Waals surface area contributed by atoms with Crippen LogP contribution in [0, 0.1) is 21.4 Å². The number of benzene rings is 2. The van der Waals surface area contributed by atoms with Crippen LogP contribution in [0.25, 0.3) is 22.3 Å². The maximum atomic E-state index is 13.2. The van der Waals surface area contributed by atoms with Crippen molar-refractivity contribution >= 4 is 22.6 Å². The Labute approximate surface area is 163 Å². The molecule has 4 rings (SSSR count). The smallest absolute Gasteiger partial charge is 0.270 e. The van der Waals surface area contributed by atoms with Crippen LogP contribution in [-0.4, -0.2) is 35.6 Å². The lowest BCUT2D eigenvalue weighted by molar-refractivity contribution is -0.384. The van der Waals surface area contributed by atoms with Gasteiger partial charge in [-0.25, -0.2) is 0 Å². The number of carbonyl (C=O) groups excluding carboxylic acids is 1. The van der Waals surface area contributed by atoms with Gasteiger partial charge in [0.1, 0.15) is 11.2 Å². The average Bonchev–Trinajstić information content (AvgIpc) is 3.36. The Kier molecular flexibility index (Phi) is 4.54. The van der Waals surface area contributed by atoms with Gasteiger partial charge in [-0.1, -0.05) is 29.5 Å². The summed E-state index contributed by atoms with van der Waals surface area (Å²) in [7, 11) is 0. The van der Waals surface area contributed by atoms with Crippen LogP contribution in [0.1, 0.15) is 16.8 Å². The predicted octanol–water partition coefficient (Wildman–Crippen LogP) is 2.81. The average molecular weight is 387 g/mol. The lowest BCUT2D eigenvalue weighted by Gasteiger charge is -2.03. The van der Waals surface area contributed by atoms with Gasteiger partial charge in [-0.3, -0.25) is 19.6 Å². The molecule has 0 aliphatic heterocycles. The van der Waals surface area contributed by atoms with E-state index in [9.17, 15) is 14.9 Å². The molecule has 0 aliphatic rings. The predicted molar refractivity (Wildman–Crippen MR) is 102 cm³/mol. The summed E-state index contributed by atoms with van der Waals surface area (Å²) in [4.78, 5) is 23.9. The van der Waals surface area contributed by atoms with Crippen LogP contribution in [0.3, 0.4) is 0 Å². The Morgan fingerprint density at radius 1 is 1.21 bits per heavy atom. The summed E-state index contributed by atoms with van der Waals surface area (Å²) in [6, 6.07) is 14.9. The summed E-state index contributed by atoms with van der Waals surface area (Å²) >= 11 is 0. The number of hydrogen-bond donors (Lipinski definition) is 0. The van der Waals surface area contributed by atoms with Gasteiger partial charge in [-0.05, 0) is 12.1 Å². The fourth-order valence-electron chi connectivity index (χ4n) is 2.97. The topological polar surface area (TPSA) is 133 Å². The van der Waals surface area contributed by atoms with Gasteiger partial charge in [0, 0.05) is 23.9 Å². The summed E-state index contributed by atoms with van der Waals surface area (Å²) in [6.45, 7) is 0.282. The standard InChI is InChI=1S/C19H13N7O3/c20-9-4-10-24-12-15(18(22-24)13-5-3-6-14(11-13)26(28)29)19(27)25-17-8-2-1-7-16(17)21-23-25/h1-3,5-8,11-12H,4,10H2. The lowest BCUT2D eigenvalue weighted by atomic mass is 10.1. The number of aromatic nitrogens is 5. The Bertz CT molecular complexity index is 1280. The second-order valence-corrected chi connectivity index (χ2v) is 6.17. The zero-order valence-electron chi connectivity index (χ0n) is 15.0. The van der Waals surface area contributed by atoms with Gasteiger partial charge in [0.2, 0.25) is 0 Å². The molecule has 0 atom stereocenters. The van der Waals surface area contributed by atoms with Gasteiger partial charge >= 0.3 is 0 Å². The van der Waals surface area contributed by atoms with Gasteiger partial charge in [0.15, 0.2) is 0 Å². The number of nitro benzene ring substituents is 1. The Morgan fingerprint density at radius 2 is 2.03 bits per heavy atom. The molecule has 0 N–H and O–H groups in total. The Morgan fingerprint density at radius 3 is 2.83 bits per heavy atom. The zero-order valence-corrected chi connectivity index (χ0v) is 15.0.